The first-order valence-electron chi connectivity index (χ1n) is 6.03. The highest BCUT2D eigenvalue weighted by Crippen LogP contribution is 2.27. The molecule has 21 heavy (non-hydrogen) atoms. The summed E-state index contributed by atoms with van der Waals surface area (Å²) in [5.41, 5.74) is -0.598. The van der Waals surface area contributed by atoms with Crippen LogP contribution in [0.1, 0.15) is 28.2 Å². The number of ketones is 1. The van der Waals surface area contributed by atoms with Crippen molar-refractivity contribution in [3.8, 4) is 0 Å². The van der Waals surface area contributed by atoms with Crippen LogP contribution in [-0.2, 0) is 12.6 Å². The van der Waals surface area contributed by atoms with Crippen molar-refractivity contribution in [2.24, 2.45) is 0 Å². The van der Waals surface area contributed by atoms with E-state index in [9.17, 15) is 22.4 Å². The Morgan fingerprint density at radius 1 is 1.05 bits per heavy atom. The van der Waals surface area contributed by atoms with Gasteiger partial charge in [0, 0.05) is 30.8 Å². The SMILES string of the molecule is O=C(CCc1ncc(C(F)(F)F)cn1)c1ccc(F)cc1. The molecule has 0 amide bonds. The third kappa shape index (κ3) is 4.08. The van der Waals surface area contributed by atoms with Crippen molar-refractivity contribution in [2.45, 2.75) is 19.0 Å². The van der Waals surface area contributed by atoms with E-state index in [2.05, 4.69) is 9.97 Å². The van der Waals surface area contributed by atoms with Gasteiger partial charge in [0.25, 0.3) is 0 Å². The molecule has 0 saturated heterocycles. The summed E-state index contributed by atoms with van der Waals surface area (Å²) in [5, 5.41) is 0. The molecule has 3 nitrogen and oxygen atoms in total. The minimum absolute atomic E-state index is 0.0387. The van der Waals surface area contributed by atoms with E-state index in [0.29, 0.717) is 18.0 Å². The molecule has 0 unspecified atom stereocenters. The molecule has 110 valence electrons. The second kappa shape index (κ2) is 5.99. The minimum atomic E-state index is -4.48. The summed E-state index contributed by atoms with van der Waals surface area (Å²) in [5.74, 6) is -0.547. The molecule has 1 heterocycles. The molecule has 0 aliphatic rings. The number of nitrogens with zero attached hydrogens (tertiary/aromatic N) is 2. The van der Waals surface area contributed by atoms with Crippen LogP contribution in [0.5, 0.6) is 0 Å². The number of aromatic nitrogens is 2. The summed E-state index contributed by atoms with van der Waals surface area (Å²) in [6.45, 7) is 0. The number of rotatable bonds is 4. The maximum Gasteiger partial charge on any atom is 0.419 e. The van der Waals surface area contributed by atoms with Crippen molar-refractivity contribution in [3.05, 3.63) is 59.4 Å². The molecule has 0 aliphatic carbocycles. The quantitative estimate of drug-likeness (QED) is 0.641. The normalized spacial score (nSPS) is 11.4. The van der Waals surface area contributed by atoms with Crippen molar-refractivity contribution in [3.63, 3.8) is 0 Å². The van der Waals surface area contributed by atoms with Crippen LogP contribution in [-0.4, -0.2) is 15.8 Å². The number of halogens is 4. The fourth-order valence-electron chi connectivity index (χ4n) is 1.64. The highest BCUT2D eigenvalue weighted by atomic mass is 19.4. The highest BCUT2D eigenvalue weighted by Gasteiger charge is 2.31. The average Bonchev–Trinajstić information content (AvgIpc) is 2.45. The second-order valence-electron chi connectivity index (χ2n) is 4.32. The Morgan fingerprint density at radius 3 is 2.14 bits per heavy atom. The molecule has 0 radical (unpaired) electrons. The van der Waals surface area contributed by atoms with Crippen molar-refractivity contribution < 1.29 is 22.4 Å². The fraction of sp³-hybridized carbons (Fsp3) is 0.214. The molecule has 0 saturated carbocycles. The van der Waals surface area contributed by atoms with E-state index >= 15 is 0 Å². The Balaban J connectivity index is 1.97. The van der Waals surface area contributed by atoms with E-state index in [1.807, 2.05) is 0 Å². The summed E-state index contributed by atoms with van der Waals surface area (Å²) in [7, 11) is 0. The van der Waals surface area contributed by atoms with Gasteiger partial charge in [-0.3, -0.25) is 4.79 Å². The molecule has 0 atom stereocenters. The number of carbonyl (C=O) groups is 1. The maximum atomic E-state index is 12.7. The molecule has 1 aromatic heterocycles. The summed E-state index contributed by atoms with van der Waals surface area (Å²) >= 11 is 0. The number of Topliss-reactive ketones (excluding diaryl/α,β-unsaturated/α-hetero) is 1. The Kier molecular flexibility index (Phi) is 4.30. The minimum Gasteiger partial charge on any atom is -0.294 e. The van der Waals surface area contributed by atoms with Crippen molar-refractivity contribution in [2.75, 3.05) is 0 Å². The predicted octanol–water partition coefficient (Wildman–Crippen LogP) is 3.45. The predicted molar refractivity (Wildman–Crippen MR) is 66.1 cm³/mol. The Hall–Kier alpha value is -2.31. The van der Waals surface area contributed by atoms with E-state index in [0.717, 1.165) is 0 Å². The zero-order chi connectivity index (χ0) is 15.5. The lowest BCUT2D eigenvalue weighted by Gasteiger charge is -2.06. The number of carbonyl (C=O) groups excluding carboxylic acids is 1. The lowest BCUT2D eigenvalue weighted by atomic mass is 10.1. The van der Waals surface area contributed by atoms with Crippen molar-refractivity contribution >= 4 is 5.78 Å². The van der Waals surface area contributed by atoms with Gasteiger partial charge in [-0.05, 0) is 24.3 Å². The second-order valence-corrected chi connectivity index (χ2v) is 4.32. The molecule has 2 aromatic rings. The molecule has 2 rings (SSSR count). The molecule has 0 bridgehead atoms. The number of alkyl halides is 3. The molecular formula is C14H10F4N2O. The van der Waals surface area contributed by atoms with Crippen LogP contribution >= 0.6 is 0 Å². The third-order valence-corrected chi connectivity index (χ3v) is 2.77. The van der Waals surface area contributed by atoms with Gasteiger partial charge in [0.15, 0.2) is 5.78 Å². The molecule has 7 heteroatoms. The van der Waals surface area contributed by atoms with E-state index in [-0.39, 0.29) is 24.4 Å². The Morgan fingerprint density at radius 2 is 1.62 bits per heavy atom. The smallest absolute Gasteiger partial charge is 0.294 e. The van der Waals surface area contributed by atoms with E-state index in [1.54, 1.807) is 0 Å². The number of benzene rings is 1. The van der Waals surface area contributed by atoms with Crippen LogP contribution < -0.4 is 0 Å². The highest BCUT2D eigenvalue weighted by molar-refractivity contribution is 5.96. The zero-order valence-electron chi connectivity index (χ0n) is 10.7. The molecule has 1 aromatic carbocycles. The lowest BCUT2D eigenvalue weighted by Crippen LogP contribution is -2.09. The average molecular weight is 298 g/mol. The fourth-order valence-corrected chi connectivity index (χ4v) is 1.64. The maximum absolute atomic E-state index is 12.7. The van der Waals surface area contributed by atoms with Crippen LogP contribution in [0, 0.1) is 5.82 Å². The molecule has 0 N–H and O–H groups in total. The first-order chi connectivity index (χ1) is 9.86. The van der Waals surface area contributed by atoms with Gasteiger partial charge in [-0.15, -0.1) is 0 Å². The van der Waals surface area contributed by atoms with Gasteiger partial charge in [0.1, 0.15) is 11.6 Å². The van der Waals surface area contributed by atoms with E-state index < -0.39 is 17.6 Å². The first-order valence-corrected chi connectivity index (χ1v) is 6.03. The van der Waals surface area contributed by atoms with Gasteiger partial charge in [0.2, 0.25) is 0 Å². The van der Waals surface area contributed by atoms with Gasteiger partial charge in [-0.2, -0.15) is 13.2 Å². The van der Waals surface area contributed by atoms with Crippen LogP contribution in [0.2, 0.25) is 0 Å². The first kappa shape index (κ1) is 15.1. The van der Waals surface area contributed by atoms with Crippen molar-refractivity contribution in [1.82, 2.24) is 9.97 Å². The lowest BCUT2D eigenvalue weighted by molar-refractivity contribution is -0.138. The van der Waals surface area contributed by atoms with Gasteiger partial charge in [0.05, 0.1) is 5.56 Å². The Labute approximate surface area is 117 Å². The standard InChI is InChI=1S/C14H10F4N2O/c15-11-3-1-9(2-4-11)12(21)5-6-13-19-7-10(8-20-13)14(16,17)18/h1-4,7-8H,5-6H2. The zero-order valence-corrected chi connectivity index (χ0v) is 10.7. The summed E-state index contributed by atoms with van der Waals surface area (Å²) in [6.07, 6.45) is -2.96. The summed E-state index contributed by atoms with van der Waals surface area (Å²) < 4.78 is 49.7. The number of aryl methyl sites for hydroxylation is 1. The molecule has 0 aliphatic heterocycles. The van der Waals surface area contributed by atoms with Crippen LogP contribution in [0.15, 0.2) is 36.7 Å². The van der Waals surface area contributed by atoms with E-state index in [1.165, 1.54) is 24.3 Å². The van der Waals surface area contributed by atoms with E-state index in [4.69, 9.17) is 0 Å². The molecule has 0 fully saturated rings. The van der Waals surface area contributed by atoms with Crippen LogP contribution in [0.4, 0.5) is 17.6 Å². The van der Waals surface area contributed by atoms with Crippen LogP contribution in [0.3, 0.4) is 0 Å². The summed E-state index contributed by atoms with van der Waals surface area (Å²) in [4.78, 5) is 19.0. The van der Waals surface area contributed by atoms with Gasteiger partial charge < -0.3 is 0 Å². The number of hydrogen-bond donors (Lipinski definition) is 0. The molecular weight excluding hydrogens is 288 g/mol. The summed E-state index contributed by atoms with van der Waals surface area (Å²) in [6, 6.07) is 5.04. The van der Waals surface area contributed by atoms with Crippen LogP contribution in [0.25, 0.3) is 0 Å². The Bertz CT molecular complexity index is 621. The van der Waals surface area contributed by atoms with Crippen molar-refractivity contribution in [1.29, 1.82) is 0 Å². The molecule has 0 spiro atoms. The topological polar surface area (TPSA) is 42.9 Å². The van der Waals surface area contributed by atoms with Gasteiger partial charge in [-0.25, -0.2) is 14.4 Å². The monoisotopic (exact) mass is 298 g/mol. The van der Waals surface area contributed by atoms with Gasteiger partial charge >= 0.3 is 6.18 Å². The third-order valence-electron chi connectivity index (χ3n) is 2.77. The number of hydrogen-bond acceptors (Lipinski definition) is 3. The largest absolute Gasteiger partial charge is 0.419 e. The van der Waals surface area contributed by atoms with Gasteiger partial charge in [-0.1, -0.05) is 0 Å².